The summed E-state index contributed by atoms with van der Waals surface area (Å²) in [6.45, 7) is 12.3. The molecule has 3 saturated carbocycles. The molecule has 4 aliphatic carbocycles. The Morgan fingerprint density at radius 2 is 1.96 bits per heavy atom. The van der Waals surface area contributed by atoms with Gasteiger partial charge in [-0.25, -0.2) is 0 Å². The van der Waals surface area contributed by atoms with Gasteiger partial charge < -0.3 is 11.1 Å². The van der Waals surface area contributed by atoms with E-state index >= 15 is 0 Å². The van der Waals surface area contributed by atoms with Crippen LogP contribution >= 0.6 is 0 Å². The zero-order chi connectivity index (χ0) is 20.3. The lowest BCUT2D eigenvalue weighted by atomic mass is 9.42. The highest BCUT2D eigenvalue weighted by molar-refractivity contribution is 5.77. The Hall–Kier alpha value is -1.05. The first-order valence-corrected chi connectivity index (χ1v) is 11.9. The highest BCUT2D eigenvalue weighted by atomic mass is 14.7. The Morgan fingerprint density at radius 3 is 2.61 bits per heavy atom. The monoisotopic (exact) mass is 382 g/mol. The number of hydrogen-bond donors (Lipinski definition) is 2. The molecule has 0 radical (unpaired) electrons. The van der Waals surface area contributed by atoms with Crippen LogP contribution in [0.25, 0.3) is 0 Å². The van der Waals surface area contributed by atoms with Crippen molar-refractivity contribution in [2.45, 2.75) is 86.0 Å². The standard InChI is InChI=1S/C26H42N2/c1-6-19-7-8-21-24-17(11-16(2)3)12-20-13-23(28)18(15-27)14-26(20,5)22(24)9-10-25(19,21)4/h6,15-17,20-22,24,27H,7-14,28H2,1-5H3/b19-6+,27-15?. The molecule has 0 aliphatic heterocycles. The zero-order valence-corrected chi connectivity index (χ0v) is 18.9. The molecule has 4 aliphatic rings. The van der Waals surface area contributed by atoms with Crippen LogP contribution in [-0.4, -0.2) is 6.21 Å². The summed E-state index contributed by atoms with van der Waals surface area (Å²) in [5.41, 5.74) is 11.1. The van der Waals surface area contributed by atoms with Gasteiger partial charge in [-0.1, -0.05) is 39.3 Å². The molecule has 156 valence electrons. The number of allylic oxidation sites excluding steroid dienone is 4. The summed E-state index contributed by atoms with van der Waals surface area (Å²) in [7, 11) is 0. The second-order valence-electron chi connectivity index (χ2n) is 11.5. The summed E-state index contributed by atoms with van der Waals surface area (Å²) < 4.78 is 0. The smallest absolute Gasteiger partial charge is 0.0227 e. The number of nitrogens with one attached hydrogen (secondary N) is 1. The Morgan fingerprint density at radius 1 is 1.21 bits per heavy atom. The van der Waals surface area contributed by atoms with Gasteiger partial charge in [-0.15, -0.1) is 0 Å². The van der Waals surface area contributed by atoms with E-state index in [9.17, 15) is 0 Å². The third kappa shape index (κ3) is 2.84. The molecule has 28 heavy (non-hydrogen) atoms. The summed E-state index contributed by atoms with van der Waals surface area (Å²) in [5.74, 6) is 4.90. The van der Waals surface area contributed by atoms with Crippen molar-refractivity contribution < 1.29 is 0 Å². The Kier molecular flexibility index (Phi) is 5.08. The zero-order valence-electron chi connectivity index (χ0n) is 18.9. The van der Waals surface area contributed by atoms with Crippen LogP contribution in [0.15, 0.2) is 22.9 Å². The molecule has 2 heteroatoms. The quantitative estimate of drug-likeness (QED) is 0.413. The molecule has 3 N–H and O–H groups in total. The number of rotatable bonds is 3. The predicted octanol–water partition coefficient (Wildman–Crippen LogP) is 6.72. The fraction of sp³-hybridized carbons (Fsp3) is 0.808. The molecule has 0 aromatic rings. The third-order valence-electron chi connectivity index (χ3n) is 9.84. The van der Waals surface area contributed by atoms with E-state index in [1.54, 1.807) is 11.8 Å². The van der Waals surface area contributed by atoms with E-state index in [1.165, 1.54) is 38.5 Å². The maximum Gasteiger partial charge on any atom is 0.0227 e. The van der Waals surface area contributed by atoms with Gasteiger partial charge in [-0.2, -0.15) is 0 Å². The Bertz CT molecular complexity index is 701. The first kappa shape index (κ1) is 20.2. The third-order valence-corrected chi connectivity index (χ3v) is 9.84. The molecule has 0 saturated heterocycles. The molecule has 0 heterocycles. The van der Waals surface area contributed by atoms with Gasteiger partial charge >= 0.3 is 0 Å². The molecule has 0 aromatic heterocycles. The molecular formula is C26H42N2. The van der Waals surface area contributed by atoms with Crippen molar-refractivity contribution in [2.24, 2.45) is 52.1 Å². The Balaban J connectivity index is 1.75. The summed E-state index contributed by atoms with van der Waals surface area (Å²) >= 11 is 0. The largest absolute Gasteiger partial charge is 0.402 e. The van der Waals surface area contributed by atoms with Crippen molar-refractivity contribution in [1.29, 1.82) is 5.41 Å². The van der Waals surface area contributed by atoms with Crippen LogP contribution in [0.2, 0.25) is 0 Å². The summed E-state index contributed by atoms with van der Waals surface area (Å²) in [4.78, 5) is 0. The summed E-state index contributed by atoms with van der Waals surface area (Å²) in [6, 6.07) is 0. The molecule has 0 aromatic carbocycles. The number of hydrogen-bond acceptors (Lipinski definition) is 2. The maximum absolute atomic E-state index is 7.91. The highest BCUT2D eigenvalue weighted by Crippen LogP contribution is 2.69. The molecule has 0 spiro atoms. The fourth-order valence-corrected chi connectivity index (χ4v) is 8.55. The van der Waals surface area contributed by atoms with Gasteiger partial charge in [-0.3, -0.25) is 0 Å². The average Bonchev–Trinajstić information content (AvgIpc) is 2.98. The average molecular weight is 383 g/mol. The maximum atomic E-state index is 7.91. The SMILES string of the molecule is C/C=C1\CCC2C3C(CC(C)C)CC4CC(N)=C(C=N)CC4(C)C3CCC12C. The highest BCUT2D eigenvalue weighted by Gasteiger charge is 2.61. The van der Waals surface area contributed by atoms with Crippen molar-refractivity contribution in [1.82, 2.24) is 0 Å². The fourth-order valence-electron chi connectivity index (χ4n) is 8.55. The lowest BCUT2D eigenvalue weighted by Crippen LogP contribution is -2.56. The summed E-state index contributed by atoms with van der Waals surface area (Å²) in [6.07, 6.45) is 14.3. The lowest BCUT2D eigenvalue weighted by Gasteiger charge is -2.62. The number of nitrogens with two attached hydrogens (primary N) is 1. The second-order valence-corrected chi connectivity index (χ2v) is 11.5. The van der Waals surface area contributed by atoms with Gasteiger partial charge in [0.15, 0.2) is 0 Å². The van der Waals surface area contributed by atoms with Crippen LogP contribution in [0.5, 0.6) is 0 Å². The topological polar surface area (TPSA) is 49.9 Å². The van der Waals surface area contributed by atoms with Gasteiger partial charge in [0.1, 0.15) is 0 Å². The molecule has 7 unspecified atom stereocenters. The van der Waals surface area contributed by atoms with Crippen molar-refractivity contribution in [3.8, 4) is 0 Å². The molecule has 4 rings (SSSR count). The van der Waals surface area contributed by atoms with Crippen molar-refractivity contribution in [3.63, 3.8) is 0 Å². The van der Waals surface area contributed by atoms with Crippen LogP contribution in [0, 0.1) is 51.7 Å². The first-order chi connectivity index (χ1) is 13.2. The van der Waals surface area contributed by atoms with Crippen LogP contribution in [-0.2, 0) is 0 Å². The van der Waals surface area contributed by atoms with E-state index < -0.39 is 0 Å². The van der Waals surface area contributed by atoms with E-state index in [0.717, 1.165) is 53.7 Å². The normalized spacial score (nSPS) is 47.1. The van der Waals surface area contributed by atoms with Crippen LogP contribution in [0.3, 0.4) is 0 Å². The van der Waals surface area contributed by atoms with Gasteiger partial charge in [0.05, 0.1) is 0 Å². The van der Waals surface area contributed by atoms with Crippen molar-refractivity contribution in [3.05, 3.63) is 22.9 Å². The lowest BCUT2D eigenvalue weighted by molar-refractivity contribution is -0.118. The molecular weight excluding hydrogens is 340 g/mol. The van der Waals surface area contributed by atoms with Gasteiger partial charge in [-0.05, 0) is 110 Å². The van der Waals surface area contributed by atoms with Crippen LogP contribution < -0.4 is 5.73 Å². The van der Waals surface area contributed by atoms with E-state index in [4.69, 9.17) is 11.1 Å². The van der Waals surface area contributed by atoms with Crippen molar-refractivity contribution in [2.75, 3.05) is 0 Å². The van der Waals surface area contributed by atoms with Gasteiger partial charge in [0, 0.05) is 11.9 Å². The van der Waals surface area contributed by atoms with Gasteiger partial charge in [0.2, 0.25) is 0 Å². The van der Waals surface area contributed by atoms with E-state index in [-0.39, 0.29) is 0 Å². The molecule has 7 atom stereocenters. The van der Waals surface area contributed by atoms with Gasteiger partial charge in [0.25, 0.3) is 0 Å². The Labute approximate surface area is 172 Å². The summed E-state index contributed by atoms with van der Waals surface area (Å²) in [5, 5.41) is 7.91. The van der Waals surface area contributed by atoms with Crippen molar-refractivity contribution >= 4 is 6.21 Å². The van der Waals surface area contributed by atoms with E-state index in [0.29, 0.717) is 16.7 Å². The van der Waals surface area contributed by atoms with Crippen LogP contribution in [0.4, 0.5) is 0 Å². The minimum atomic E-state index is 0.341. The molecule has 3 fully saturated rings. The van der Waals surface area contributed by atoms with E-state index in [2.05, 4.69) is 40.7 Å². The first-order valence-electron chi connectivity index (χ1n) is 11.9. The minimum Gasteiger partial charge on any atom is -0.402 e. The number of fused-ring (bicyclic) bond motifs is 5. The predicted molar refractivity (Wildman–Crippen MR) is 119 cm³/mol. The molecule has 0 amide bonds. The molecule has 2 nitrogen and oxygen atoms in total. The second kappa shape index (κ2) is 7.03. The van der Waals surface area contributed by atoms with E-state index in [1.807, 2.05) is 0 Å². The van der Waals surface area contributed by atoms with Crippen LogP contribution in [0.1, 0.15) is 86.0 Å². The molecule has 0 bridgehead atoms. The minimum absolute atomic E-state index is 0.341.